The molecule has 0 heterocycles. The van der Waals surface area contributed by atoms with Crippen molar-refractivity contribution in [2.24, 2.45) is 5.92 Å². The molecule has 0 aliphatic carbocycles. The minimum Gasteiger partial charge on any atom is -0.550 e. The summed E-state index contributed by atoms with van der Waals surface area (Å²) in [5.74, 6) is -1.03. The number of aliphatic carboxylic acids is 1. The van der Waals surface area contributed by atoms with Crippen LogP contribution in [-0.4, -0.2) is 5.97 Å². The van der Waals surface area contributed by atoms with Crippen LogP contribution in [-0.2, 0) is 4.79 Å². The Morgan fingerprint density at radius 3 is 1.32 bits per heavy atom. The molecule has 0 aliphatic rings. The van der Waals surface area contributed by atoms with Crippen LogP contribution in [0.4, 0.5) is 0 Å². The number of unbranched alkanes of at least 4 members (excludes halogenated alkanes) is 11. The third-order valence-corrected chi connectivity index (χ3v) is 4.40. The van der Waals surface area contributed by atoms with Crippen LogP contribution < -0.4 is 34.7 Å². The van der Waals surface area contributed by atoms with E-state index < -0.39 is 5.97 Å². The van der Waals surface area contributed by atoms with Crippen LogP contribution in [0.25, 0.3) is 0 Å². The second kappa shape index (κ2) is 19.5. The fourth-order valence-electron chi connectivity index (χ4n) is 2.90. The minimum atomic E-state index is -0.824. The molecule has 0 fully saturated rings. The maximum Gasteiger partial charge on any atom is 1.00 e. The summed E-state index contributed by atoms with van der Waals surface area (Å²) >= 11 is 0. The summed E-state index contributed by atoms with van der Waals surface area (Å²) in [4.78, 5) is 11.2. The van der Waals surface area contributed by atoms with Gasteiger partial charge in [-0.25, -0.2) is 0 Å². The second-order valence-electron chi connectivity index (χ2n) is 6.48. The van der Waals surface area contributed by atoms with Gasteiger partial charge in [0.15, 0.2) is 0 Å². The Labute approximate surface area is 161 Å². The third kappa shape index (κ3) is 16.8. The smallest absolute Gasteiger partial charge is 0.550 e. The number of carbonyl (C=O) groups is 1. The second-order valence-corrected chi connectivity index (χ2v) is 6.48. The first kappa shape index (κ1) is 24.7. The average Bonchev–Trinajstić information content (AvgIpc) is 2.47. The van der Waals surface area contributed by atoms with Crippen LogP contribution in [0.15, 0.2) is 0 Å². The van der Waals surface area contributed by atoms with E-state index in [-0.39, 0.29) is 35.5 Å². The summed E-state index contributed by atoms with van der Waals surface area (Å²) in [7, 11) is 0. The molecule has 22 heavy (non-hydrogen) atoms. The van der Waals surface area contributed by atoms with E-state index in [4.69, 9.17) is 0 Å². The summed E-state index contributed by atoms with van der Waals surface area (Å²) in [6, 6.07) is 0. The van der Waals surface area contributed by atoms with E-state index in [2.05, 4.69) is 13.8 Å². The Morgan fingerprint density at radius 2 is 1.00 bits per heavy atom. The molecular formula is C19H37NaO2. The molecule has 0 spiro atoms. The van der Waals surface area contributed by atoms with Crippen LogP contribution in [0, 0.1) is 5.92 Å². The average molecular weight is 320 g/mol. The largest absolute Gasteiger partial charge is 1.00 e. The van der Waals surface area contributed by atoms with Gasteiger partial charge in [-0.15, -0.1) is 0 Å². The molecule has 0 aromatic rings. The first-order chi connectivity index (χ1) is 10.2. The molecule has 0 aromatic heterocycles. The van der Waals surface area contributed by atoms with Gasteiger partial charge >= 0.3 is 29.6 Å². The minimum absolute atomic E-state index is 0. The van der Waals surface area contributed by atoms with E-state index >= 15 is 0 Å². The molecule has 0 rings (SSSR count). The van der Waals surface area contributed by atoms with Crippen LogP contribution >= 0.6 is 0 Å². The van der Waals surface area contributed by atoms with Crippen LogP contribution in [0.1, 0.15) is 110 Å². The van der Waals surface area contributed by atoms with E-state index in [0.717, 1.165) is 25.7 Å². The van der Waals surface area contributed by atoms with Gasteiger partial charge < -0.3 is 9.90 Å². The van der Waals surface area contributed by atoms with Crippen molar-refractivity contribution in [3.05, 3.63) is 0 Å². The van der Waals surface area contributed by atoms with Crippen molar-refractivity contribution in [1.82, 2.24) is 0 Å². The van der Waals surface area contributed by atoms with Gasteiger partial charge in [0.25, 0.3) is 0 Å². The van der Waals surface area contributed by atoms with Gasteiger partial charge in [-0.2, -0.15) is 0 Å². The van der Waals surface area contributed by atoms with E-state index in [9.17, 15) is 9.90 Å². The Hall–Kier alpha value is 0.470. The third-order valence-electron chi connectivity index (χ3n) is 4.40. The zero-order chi connectivity index (χ0) is 15.8. The Balaban J connectivity index is 0. The quantitative estimate of drug-likeness (QED) is 0.323. The number of rotatable bonds is 16. The summed E-state index contributed by atoms with van der Waals surface area (Å²) in [5, 5.41) is 11.2. The van der Waals surface area contributed by atoms with E-state index in [1.54, 1.807) is 0 Å². The predicted octanol–water partition coefficient (Wildman–Crippen LogP) is 2.25. The Kier molecular flexibility index (Phi) is 21.9. The van der Waals surface area contributed by atoms with Crippen molar-refractivity contribution in [3.63, 3.8) is 0 Å². The van der Waals surface area contributed by atoms with Gasteiger partial charge in [-0.05, 0) is 18.8 Å². The Morgan fingerprint density at radius 1 is 0.682 bits per heavy atom. The first-order valence-corrected chi connectivity index (χ1v) is 9.43. The van der Waals surface area contributed by atoms with Gasteiger partial charge in [-0.3, -0.25) is 0 Å². The zero-order valence-corrected chi connectivity index (χ0v) is 17.5. The predicted molar refractivity (Wildman–Crippen MR) is 89.1 cm³/mol. The van der Waals surface area contributed by atoms with Gasteiger partial charge in [0.05, 0.1) is 0 Å². The molecular weight excluding hydrogens is 283 g/mol. The number of hydrogen-bond donors (Lipinski definition) is 0. The van der Waals surface area contributed by atoms with Crippen LogP contribution in [0.3, 0.4) is 0 Å². The van der Waals surface area contributed by atoms with Crippen molar-refractivity contribution < 1.29 is 39.5 Å². The summed E-state index contributed by atoms with van der Waals surface area (Å²) in [6.07, 6.45) is 17.8. The van der Waals surface area contributed by atoms with Gasteiger partial charge in [0.1, 0.15) is 0 Å². The molecule has 0 radical (unpaired) electrons. The monoisotopic (exact) mass is 320 g/mol. The van der Waals surface area contributed by atoms with Crippen molar-refractivity contribution in [3.8, 4) is 0 Å². The number of carboxylic acid groups (broad SMARTS) is 1. The maximum atomic E-state index is 11.2. The van der Waals surface area contributed by atoms with E-state index in [1.165, 1.54) is 70.6 Å². The molecule has 0 saturated carbocycles. The summed E-state index contributed by atoms with van der Waals surface area (Å²) in [6.45, 7) is 4.45. The molecule has 0 saturated heterocycles. The zero-order valence-electron chi connectivity index (χ0n) is 15.5. The van der Waals surface area contributed by atoms with Gasteiger partial charge in [-0.1, -0.05) is 97.3 Å². The normalized spacial score (nSPS) is 11.9. The van der Waals surface area contributed by atoms with Crippen molar-refractivity contribution >= 4 is 5.97 Å². The molecule has 0 amide bonds. The van der Waals surface area contributed by atoms with Crippen LogP contribution in [0.2, 0.25) is 0 Å². The molecule has 0 N–H and O–H groups in total. The molecule has 0 aromatic carbocycles. The SMILES string of the molecule is CCCCCCCCCC(CCCCCCCC)C(=O)[O-].[Na+]. The number of hydrogen-bond acceptors (Lipinski definition) is 2. The molecule has 1 atom stereocenters. The van der Waals surface area contributed by atoms with Crippen LogP contribution in [0.5, 0.6) is 0 Å². The summed E-state index contributed by atoms with van der Waals surface area (Å²) in [5.41, 5.74) is 0. The molecule has 126 valence electrons. The van der Waals surface area contributed by atoms with Crippen molar-refractivity contribution in [1.29, 1.82) is 0 Å². The number of carbonyl (C=O) groups excluding carboxylic acids is 1. The standard InChI is InChI=1S/C19H38O2.Na/c1-3-5-7-9-11-13-15-17-18(19(20)21)16-14-12-10-8-6-4-2;/h18H,3-17H2,1-2H3,(H,20,21);/q;+1/p-1. The fourth-order valence-corrected chi connectivity index (χ4v) is 2.90. The maximum absolute atomic E-state index is 11.2. The first-order valence-electron chi connectivity index (χ1n) is 9.43. The Bertz CT molecular complexity index is 231. The topological polar surface area (TPSA) is 40.1 Å². The van der Waals surface area contributed by atoms with E-state index in [0.29, 0.717) is 0 Å². The molecule has 3 heteroatoms. The molecule has 0 aliphatic heterocycles. The fraction of sp³-hybridized carbons (Fsp3) is 0.947. The molecule has 2 nitrogen and oxygen atoms in total. The van der Waals surface area contributed by atoms with Crippen molar-refractivity contribution in [2.45, 2.75) is 110 Å². The molecule has 1 unspecified atom stereocenters. The van der Waals surface area contributed by atoms with Gasteiger partial charge in [0, 0.05) is 5.97 Å². The number of carboxylic acids is 1. The van der Waals surface area contributed by atoms with Crippen molar-refractivity contribution in [2.75, 3.05) is 0 Å². The summed E-state index contributed by atoms with van der Waals surface area (Å²) < 4.78 is 0. The molecule has 0 bridgehead atoms. The van der Waals surface area contributed by atoms with E-state index in [1.807, 2.05) is 0 Å². The van der Waals surface area contributed by atoms with Gasteiger partial charge in [0.2, 0.25) is 0 Å².